The molecule has 7 heteroatoms. The summed E-state index contributed by atoms with van der Waals surface area (Å²) in [5.41, 5.74) is 10.1. The lowest BCUT2D eigenvalue weighted by Gasteiger charge is -2.12. The van der Waals surface area contributed by atoms with Crippen LogP contribution in [-0.4, -0.2) is 21.2 Å². The van der Waals surface area contributed by atoms with Crippen molar-refractivity contribution in [3.8, 4) is 16.8 Å². The van der Waals surface area contributed by atoms with Crippen molar-refractivity contribution >= 4 is 39.2 Å². The third-order valence-corrected chi connectivity index (χ3v) is 6.59. The quantitative estimate of drug-likeness (QED) is 0.385. The van der Waals surface area contributed by atoms with E-state index in [1.807, 2.05) is 41.8 Å². The van der Waals surface area contributed by atoms with Gasteiger partial charge in [-0.1, -0.05) is 48.2 Å². The largest absolute Gasteiger partial charge is 0.369 e. The maximum atomic E-state index is 13.6. The highest BCUT2D eigenvalue weighted by Gasteiger charge is 2.19. The van der Waals surface area contributed by atoms with Crippen LogP contribution in [0.3, 0.4) is 0 Å². The Morgan fingerprint density at radius 1 is 1.14 bits per heavy atom. The van der Waals surface area contributed by atoms with Gasteiger partial charge in [0.15, 0.2) is 5.16 Å². The third-order valence-electron chi connectivity index (χ3n) is 4.75. The second-order valence-electron chi connectivity index (χ2n) is 6.75. The van der Waals surface area contributed by atoms with E-state index < -0.39 is 5.91 Å². The Kier molecular flexibility index (Phi) is 5.25. The highest BCUT2D eigenvalue weighted by molar-refractivity contribution is 7.99. The minimum Gasteiger partial charge on any atom is -0.369 e. The number of hydrogen-bond acceptors (Lipinski definition) is 5. The van der Waals surface area contributed by atoms with E-state index in [9.17, 15) is 9.59 Å². The van der Waals surface area contributed by atoms with Crippen LogP contribution in [-0.2, 0) is 4.79 Å². The van der Waals surface area contributed by atoms with Crippen molar-refractivity contribution < 1.29 is 4.79 Å². The maximum absolute atomic E-state index is 13.6. The average molecular weight is 422 g/mol. The number of primary amides is 1. The van der Waals surface area contributed by atoms with Crippen LogP contribution < -0.4 is 11.3 Å². The number of carbonyl (C=O) groups is 1. The molecule has 0 spiro atoms. The molecule has 0 fully saturated rings. The Hall–Kier alpha value is -2.90. The smallest absolute Gasteiger partial charge is 0.268 e. The minimum atomic E-state index is -0.453. The number of amides is 1. The van der Waals surface area contributed by atoms with Crippen LogP contribution in [0, 0.1) is 13.8 Å². The maximum Gasteiger partial charge on any atom is 0.268 e. The number of thiophene rings is 1. The van der Waals surface area contributed by atoms with Gasteiger partial charge in [-0.15, -0.1) is 11.3 Å². The van der Waals surface area contributed by atoms with Crippen molar-refractivity contribution in [1.29, 1.82) is 0 Å². The van der Waals surface area contributed by atoms with E-state index in [2.05, 4.69) is 26.0 Å². The number of benzene rings is 2. The number of aromatic nitrogens is 2. The number of hydrogen-bond donors (Lipinski definition) is 1. The van der Waals surface area contributed by atoms with E-state index in [-0.39, 0.29) is 11.3 Å². The Morgan fingerprint density at radius 2 is 1.90 bits per heavy atom. The first-order valence-electron chi connectivity index (χ1n) is 9.04. The Bertz CT molecular complexity index is 1280. The SMILES string of the molecule is Cc1ccc(-c2csc3nc(SCC(N)=O)n(-c4ccccc4)c(=O)c23)cc1C. The summed E-state index contributed by atoms with van der Waals surface area (Å²) >= 11 is 2.60. The summed E-state index contributed by atoms with van der Waals surface area (Å²) < 4.78 is 1.56. The van der Waals surface area contributed by atoms with Crippen LogP contribution in [0.2, 0.25) is 0 Å². The van der Waals surface area contributed by atoms with Gasteiger partial charge in [-0.2, -0.15) is 0 Å². The molecule has 0 saturated heterocycles. The lowest BCUT2D eigenvalue weighted by atomic mass is 10.0. The van der Waals surface area contributed by atoms with Crippen LogP contribution in [0.1, 0.15) is 11.1 Å². The predicted molar refractivity (Wildman–Crippen MR) is 120 cm³/mol. The number of thioether (sulfide) groups is 1. The second kappa shape index (κ2) is 7.85. The number of para-hydroxylation sites is 1. The Morgan fingerprint density at radius 3 is 2.59 bits per heavy atom. The van der Waals surface area contributed by atoms with Crippen molar-refractivity contribution in [2.45, 2.75) is 19.0 Å². The standard InChI is InChI=1S/C22H19N3O2S2/c1-13-8-9-15(10-14(13)2)17-11-28-20-19(17)21(27)25(16-6-4-3-5-7-16)22(24-20)29-12-18(23)26/h3-11H,12H2,1-2H3,(H2,23,26). The van der Waals surface area contributed by atoms with Crippen molar-refractivity contribution in [1.82, 2.24) is 9.55 Å². The zero-order valence-corrected chi connectivity index (χ0v) is 17.6. The molecule has 5 nitrogen and oxygen atoms in total. The molecule has 0 aliphatic carbocycles. The van der Waals surface area contributed by atoms with E-state index >= 15 is 0 Å². The third kappa shape index (κ3) is 3.71. The molecule has 0 radical (unpaired) electrons. The van der Waals surface area contributed by atoms with Crippen molar-refractivity contribution in [2.24, 2.45) is 5.73 Å². The average Bonchev–Trinajstić information content (AvgIpc) is 3.13. The fourth-order valence-corrected chi connectivity index (χ4v) is 4.87. The number of carbonyl (C=O) groups excluding carboxylic acids is 1. The van der Waals surface area contributed by atoms with Crippen molar-refractivity contribution in [2.75, 3.05) is 5.75 Å². The lowest BCUT2D eigenvalue weighted by molar-refractivity contribution is -0.115. The summed E-state index contributed by atoms with van der Waals surface area (Å²) in [6.07, 6.45) is 0. The summed E-state index contributed by atoms with van der Waals surface area (Å²) in [5.74, 6) is -0.397. The number of nitrogens with two attached hydrogens (primary N) is 1. The fourth-order valence-electron chi connectivity index (χ4n) is 3.13. The zero-order valence-electron chi connectivity index (χ0n) is 16.0. The molecular formula is C22H19N3O2S2. The van der Waals surface area contributed by atoms with Gasteiger partial charge in [-0.05, 0) is 42.7 Å². The summed E-state index contributed by atoms with van der Waals surface area (Å²) in [6, 6.07) is 15.5. The minimum absolute atomic E-state index is 0.0557. The number of nitrogens with zero attached hydrogens (tertiary/aromatic N) is 2. The molecule has 2 N–H and O–H groups in total. The van der Waals surface area contributed by atoms with Gasteiger partial charge >= 0.3 is 0 Å². The summed E-state index contributed by atoms with van der Waals surface area (Å²) in [6.45, 7) is 4.13. The normalized spacial score (nSPS) is 11.1. The van der Waals surface area contributed by atoms with Gasteiger partial charge in [-0.25, -0.2) is 4.98 Å². The molecule has 0 saturated carbocycles. The first kappa shape index (κ1) is 19.4. The molecular weight excluding hydrogens is 402 g/mol. The monoisotopic (exact) mass is 421 g/mol. The van der Waals surface area contributed by atoms with Crippen molar-refractivity contribution in [3.63, 3.8) is 0 Å². The lowest BCUT2D eigenvalue weighted by Crippen LogP contribution is -2.22. The first-order chi connectivity index (χ1) is 14.0. The van der Waals surface area contributed by atoms with Crippen molar-refractivity contribution in [3.05, 3.63) is 75.4 Å². The van der Waals surface area contributed by atoms with Crippen LogP contribution in [0.25, 0.3) is 27.0 Å². The molecule has 2 heterocycles. The van der Waals surface area contributed by atoms with Gasteiger partial charge in [0, 0.05) is 10.9 Å². The molecule has 0 bridgehead atoms. The summed E-state index contributed by atoms with van der Waals surface area (Å²) in [4.78, 5) is 30.3. The van der Waals surface area contributed by atoms with Crippen LogP contribution >= 0.6 is 23.1 Å². The predicted octanol–water partition coefficient (Wildman–Crippen LogP) is 4.31. The van der Waals surface area contributed by atoms with E-state index in [1.54, 1.807) is 4.57 Å². The number of aryl methyl sites for hydroxylation is 2. The van der Waals surface area contributed by atoms with Gasteiger partial charge < -0.3 is 5.73 Å². The van der Waals surface area contributed by atoms with Gasteiger partial charge in [0.05, 0.1) is 16.8 Å². The van der Waals surface area contributed by atoms with Gasteiger partial charge in [0.25, 0.3) is 5.56 Å². The first-order valence-corrected chi connectivity index (χ1v) is 10.9. The van der Waals surface area contributed by atoms with Gasteiger partial charge in [-0.3, -0.25) is 14.2 Å². The molecule has 0 aliphatic rings. The molecule has 0 aliphatic heterocycles. The van der Waals surface area contributed by atoms with E-state index in [0.717, 1.165) is 11.1 Å². The molecule has 0 unspecified atom stereocenters. The second-order valence-corrected chi connectivity index (χ2v) is 8.55. The van der Waals surface area contributed by atoms with Gasteiger partial charge in [0.2, 0.25) is 5.91 Å². The van der Waals surface area contributed by atoms with E-state index in [1.165, 1.54) is 34.2 Å². The zero-order chi connectivity index (χ0) is 20.5. The topological polar surface area (TPSA) is 78.0 Å². The molecule has 2 aromatic carbocycles. The highest BCUT2D eigenvalue weighted by Crippen LogP contribution is 2.33. The fraction of sp³-hybridized carbons (Fsp3) is 0.136. The van der Waals surface area contributed by atoms with E-state index in [4.69, 9.17) is 10.7 Å². The van der Waals surface area contributed by atoms with Crippen LogP contribution in [0.5, 0.6) is 0 Å². The molecule has 4 rings (SSSR count). The summed E-state index contributed by atoms with van der Waals surface area (Å²) in [7, 11) is 0. The molecule has 146 valence electrons. The molecule has 1 amide bonds. The number of fused-ring (bicyclic) bond motifs is 1. The molecule has 4 aromatic rings. The van der Waals surface area contributed by atoms with E-state index in [0.29, 0.717) is 21.1 Å². The van der Waals surface area contributed by atoms with Gasteiger partial charge in [0.1, 0.15) is 4.83 Å². The number of rotatable bonds is 5. The molecule has 2 aromatic heterocycles. The summed E-state index contributed by atoms with van der Waals surface area (Å²) in [5, 5.41) is 3.02. The Labute approximate surface area is 176 Å². The highest BCUT2D eigenvalue weighted by atomic mass is 32.2. The molecule has 0 atom stereocenters. The molecule has 29 heavy (non-hydrogen) atoms. The Balaban J connectivity index is 1.98. The van der Waals surface area contributed by atoms with Crippen LogP contribution in [0.4, 0.5) is 0 Å². The van der Waals surface area contributed by atoms with Crippen LogP contribution in [0.15, 0.2) is 63.9 Å².